The van der Waals surface area contributed by atoms with Gasteiger partial charge in [0, 0.05) is 4.43 Å². The fraction of sp³-hybridized carbons (Fsp3) is 0.471. The highest BCUT2D eigenvalue weighted by Crippen LogP contribution is 2.52. The van der Waals surface area contributed by atoms with Gasteiger partial charge >= 0.3 is 5.97 Å². The number of amides is 2. The fourth-order valence-electron chi connectivity index (χ4n) is 3.11. The lowest BCUT2D eigenvalue weighted by Gasteiger charge is -2.43. The maximum absolute atomic E-state index is 12.5. The van der Waals surface area contributed by atoms with E-state index in [9.17, 15) is 14.4 Å². The molecule has 3 rings (SSSR count). The second-order valence-electron chi connectivity index (χ2n) is 6.27. The zero-order chi connectivity index (χ0) is 18.9. The Morgan fingerprint density at radius 3 is 2.65 bits per heavy atom. The highest BCUT2D eigenvalue weighted by molar-refractivity contribution is 14.1. The molecule has 0 bridgehead atoms. The summed E-state index contributed by atoms with van der Waals surface area (Å²) in [7, 11) is 1.32. The van der Waals surface area contributed by atoms with Gasteiger partial charge in [0.25, 0.3) is 5.91 Å². The third-order valence-electron chi connectivity index (χ3n) is 4.45. The number of carbonyl (C=O) groups is 3. The number of thioether (sulfide) groups is 1. The van der Waals surface area contributed by atoms with Crippen LogP contribution in [-0.2, 0) is 19.1 Å². The molecule has 0 aliphatic carbocycles. The van der Waals surface area contributed by atoms with Gasteiger partial charge in [0.2, 0.25) is 5.91 Å². The number of methoxy groups -OCH3 is 1. The van der Waals surface area contributed by atoms with Crippen LogP contribution < -0.4 is 10.1 Å². The molecule has 2 fully saturated rings. The lowest BCUT2D eigenvalue weighted by molar-refractivity contribution is -0.162. The molecule has 1 aromatic carbocycles. The standard InChI is InChI=1S/C17H19IN2O5S/c1-17(9-18)13(16(23)24-2)20-14(22)12(15(20)26-17)19-11(21)8-25-10-6-4-3-5-7-10/h3-7,12-13,15H,8-9H2,1-2H3,(H,19,21)/t12?,13?,15-,17?/m0/s1. The second kappa shape index (κ2) is 7.63. The minimum atomic E-state index is -0.649. The summed E-state index contributed by atoms with van der Waals surface area (Å²) in [5, 5.41) is 2.45. The number of rotatable bonds is 6. The molecule has 1 aromatic rings. The molecule has 3 unspecified atom stereocenters. The second-order valence-corrected chi connectivity index (χ2v) is 8.69. The van der Waals surface area contributed by atoms with Crippen molar-refractivity contribution in [1.82, 2.24) is 10.2 Å². The van der Waals surface area contributed by atoms with E-state index in [-0.39, 0.29) is 23.8 Å². The van der Waals surface area contributed by atoms with Crippen LogP contribution in [0.25, 0.3) is 0 Å². The summed E-state index contributed by atoms with van der Waals surface area (Å²) in [6.45, 7) is 1.77. The molecule has 2 amide bonds. The SMILES string of the molecule is COC(=O)C1N2C(=O)C(NC(=O)COc3ccccc3)[C@@H]2SC1(C)CI. The molecule has 2 aliphatic rings. The number of esters is 1. The number of benzene rings is 1. The highest BCUT2D eigenvalue weighted by Gasteiger charge is 2.65. The van der Waals surface area contributed by atoms with Crippen LogP contribution in [0, 0.1) is 0 Å². The molecule has 1 N–H and O–H groups in total. The van der Waals surface area contributed by atoms with Crippen molar-refractivity contribution in [3.05, 3.63) is 30.3 Å². The van der Waals surface area contributed by atoms with E-state index in [0.29, 0.717) is 10.2 Å². The lowest BCUT2D eigenvalue weighted by Crippen LogP contribution is -2.71. The fourth-order valence-corrected chi connectivity index (χ4v) is 5.68. The number of halogens is 1. The third kappa shape index (κ3) is 3.38. The molecule has 0 spiro atoms. The average molecular weight is 490 g/mol. The van der Waals surface area contributed by atoms with E-state index in [2.05, 4.69) is 27.9 Å². The van der Waals surface area contributed by atoms with Crippen LogP contribution >= 0.6 is 34.4 Å². The minimum Gasteiger partial charge on any atom is -0.484 e. The molecule has 0 saturated carbocycles. The van der Waals surface area contributed by atoms with Crippen molar-refractivity contribution in [1.29, 1.82) is 0 Å². The summed E-state index contributed by atoms with van der Waals surface area (Å²) in [4.78, 5) is 38.4. The smallest absolute Gasteiger partial charge is 0.330 e. The predicted octanol–water partition coefficient (Wildman–Crippen LogP) is 1.20. The molecule has 9 heteroatoms. The Morgan fingerprint density at radius 2 is 2.04 bits per heavy atom. The first kappa shape index (κ1) is 19.3. The zero-order valence-electron chi connectivity index (χ0n) is 14.3. The number of ether oxygens (including phenoxy) is 2. The van der Waals surface area contributed by atoms with Crippen molar-refractivity contribution in [2.75, 3.05) is 18.1 Å². The quantitative estimate of drug-likeness (QED) is 0.279. The van der Waals surface area contributed by atoms with E-state index < -0.39 is 22.8 Å². The van der Waals surface area contributed by atoms with Gasteiger partial charge in [0.15, 0.2) is 6.61 Å². The molecule has 2 aliphatic heterocycles. The average Bonchev–Trinajstić information content (AvgIpc) is 2.95. The molecule has 26 heavy (non-hydrogen) atoms. The molecule has 7 nitrogen and oxygen atoms in total. The zero-order valence-corrected chi connectivity index (χ0v) is 17.3. The summed E-state index contributed by atoms with van der Waals surface area (Å²) in [6, 6.07) is 7.70. The number of nitrogens with zero attached hydrogens (tertiary/aromatic N) is 1. The van der Waals surface area contributed by atoms with Crippen molar-refractivity contribution >= 4 is 52.1 Å². The Bertz CT molecular complexity index is 718. The predicted molar refractivity (Wildman–Crippen MR) is 105 cm³/mol. The van der Waals surface area contributed by atoms with Crippen molar-refractivity contribution in [2.24, 2.45) is 0 Å². The van der Waals surface area contributed by atoms with Crippen molar-refractivity contribution in [3.8, 4) is 5.75 Å². The number of hydrogen-bond acceptors (Lipinski definition) is 6. The molecule has 4 atom stereocenters. The number of alkyl halides is 1. The largest absolute Gasteiger partial charge is 0.484 e. The molecule has 0 aromatic heterocycles. The van der Waals surface area contributed by atoms with Crippen molar-refractivity contribution in [3.63, 3.8) is 0 Å². The Labute approximate surface area is 169 Å². The van der Waals surface area contributed by atoms with Gasteiger partial charge in [-0.3, -0.25) is 9.59 Å². The van der Waals surface area contributed by atoms with Gasteiger partial charge in [-0.15, -0.1) is 11.8 Å². The maximum atomic E-state index is 12.5. The van der Waals surface area contributed by atoms with Gasteiger partial charge < -0.3 is 19.7 Å². The van der Waals surface area contributed by atoms with Gasteiger partial charge in [-0.25, -0.2) is 4.79 Å². The first-order chi connectivity index (χ1) is 12.4. The van der Waals surface area contributed by atoms with Crippen LogP contribution in [0.1, 0.15) is 6.92 Å². The van der Waals surface area contributed by atoms with Crippen LogP contribution in [0.15, 0.2) is 30.3 Å². The monoisotopic (exact) mass is 490 g/mol. The number of β-lactam (4-membered cyclic amide) rings is 1. The number of nitrogens with one attached hydrogen (secondary N) is 1. The Hall–Kier alpha value is -1.49. The Kier molecular flexibility index (Phi) is 5.66. The van der Waals surface area contributed by atoms with Gasteiger partial charge in [-0.1, -0.05) is 40.8 Å². The number of carbonyl (C=O) groups excluding carboxylic acids is 3. The highest BCUT2D eigenvalue weighted by atomic mass is 127. The molecule has 140 valence electrons. The third-order valence-corrected chi connectivity index (χ3v) is 8.19. The summed E-state index contributed by atoms with van der Waals surface area (Å²) < 4.78 is 10.5. The van der Waals surface area contributed by atoms with Gasteiger partial charge in [-0.05, 0) is 19.1 Å². The van der Waals surface area contributed by atoms with E-state index in [0.717, 1.165) is 0 Å². The normalized spacial score (nSPS) is 29.6. The molecular weight excluding hydrogens is 471 g/mol. The molecule has 2 saturated heterocycles. The van der Waals surface area contributed by atoms with Crippen LogP contribution in [-0.4, -0.2) is 63.0 Å². The first-order valence-electron chi connectivity index (χ1n) is 8.02. The topological polar surface area (TPSA) is 84.9 Å². The van der Waals surface area contributed by atoms with E-state index in [4.69, 9.17) is 9.47 Å². The van der Waals surface area contributed by atoms with E-state index in [1.807, 2.05) is 25.1 Å². The molecular formula is C17H19IN2O5S. The van der Waals surface area contributed by atoms with Crippen LogP contribution in [0.3, 0.4) is 0 Å². The van der Waals surface area contributed by atoms with Gasteiger partial charge in [-0.2, -0.15) is 0 Å². The summed E-state index contributed by atoms with van der Waals surface area (Å²) in [5.41, 5.74) is 0. The van der Waals surface area contributed by atoms with E-state index in [1.165, 1.54) is 23.8 Å². The van der Waals surface area contributed by atoms with Crippen LogP contribution in [0.5, 0.6) is 5.75 Å². The Morgan fingerprint density at radius 1 is 1.35 bits per heavy atom. The summed E-state index contributed by atoms with van der Waals surface area (Å²) in [5.74, 6) is -0.475. The van der Waals surface area contributed by atoms with Crippen LogP contribution in [0.4, 0.5) is 0 Å². The van der Waals surface area contributed by atoms with Gasteiger partial charge in [0.1, 0.15) is 23.2 Å². The molecule has 0 radical (unpaired) electrons. The first-order valence-corrected chi connectivity index (χ1v) is 10.4. The van der Waals surface area contributed by atoms with Gasteiger partial charge in [0.05, 0.1) is 11.9 Å². The van der Waals surface area contributed by atoms with Crippen LogP contribution in [0.2, 0.25) is 0 Å². The maximum Gasteiger partial charge on any atom is 0.330 e. The summed E-state index contributed by atoms with van der Waals surface area (Å²) >= 11 is 3.73. The Balaban J connectivity index is 1.62. The minimum absolute atomic E-state index is 0.171. The van der Waals surface area contributed by atoms with E-state index in [1.54, 1.807) is 12.1 Å². The van der Waals surface area contributed by atoms with E-state index >= 15 is 0 Å². The summed E-state index contributed by atoms with van der Waals surface area (Å²) in [6.07, 6.45) is 0. The number of fused-ring (bicyclic) bond motifs is 1. The number of para-hydroxylation sites is 1. The van der Waals surface area contributed by atoms with Crippen molar-refractivity contribution < 1.29 is 23.9 Å². The van der Waals surface area contributed by atoms with Crippen molar-refractivity contribution in [2.45, 2.75) is 29.1 Å². The molecule has 2 heterocycles. The lowest BCUT2D eigenvalue weighted by atomic mass is 9.96. The number of hydrogen-bond donors (Lipinski definition) is 1.